The van der Waals surface area contributed by atoms with E-state index < -0.39 is 5.82 Å². The van der Waals surface area contributed by atoms with E-state index in [1.807, 2.05) is 13.0 Å². The second-order valence-electron chi connectivity index (χ2n) is 4.64. The summed E-state index contributed by atoms with van der Waals surface area (Å²) in [7, 11) is 0. The summed E-state index contributed by atoms with van der Waals surface area (Å²) >= 11 is 0. The normalized spacial score (nSPS) is 10.2. The Morgan fingerprint density at radius 2 is 2.09 bits per heavy atom. The van der Waals surface area contributed by atoms with Crippen molar-refractivity contribution >= 4 is 11.8 Å². The van der Waals surface area contributed by atoms with Crippen LogP contribution in [-0.2, 0) is 0 Å². The molecule has 0 bridgehead atoms. The van der Waals surface area contributed by atoms with Gasteiger partial charge in [-0.1, -0.05) is 13.3 Å². The molecule has 0 amide bonds. The van der Waals surface area contributed by atoms with Crippen molar-refractivity contribution in [3.8, 4) is 23.1 Å². The zero-order chi connectivity index (χ0) is 16.1. The van der Waals surface area contributed by atoms with E-state index in [1.165, 1.54) is 18.2 Å². The van der Waals surface area contributed by atoms with Crippen LogP contribution in [0.1, 0.15) is 25.3 Å². The van der Waals surface area contributed by atoms with Crippen molar-refractivity contribution in [3.63, 3.8) is 0 Å². The van der Waals surface area contributed by atoms with E-state index in [0.29, 0.717) is 17.9 Å². The van der Waals surface area contributed by atoms with Gasteiger partial charge in [-0.15, -0.1) is 0 Å². The summed E-state index contributed by atoms with van der Waals surface area (Å²) in [5.74, 6) is -0.227. The average molecular weight is 301 g/mol. The molecule has 6 nitrogen and oxygen atoms in total. The lowest BCUT2D eigenvalue weighted by Crippen LogP contribution is -2.06. The van der Waals surface area contributed by atoms with Crippen LogP contribution in [0.3, 0.4) is 0 Å². The highest BCUT2D eigenvalue weighted by molar-refractivity contribution is 5.77. The lowest BCUT2D eigenvalue weighted by Gasteiger charge is -2.13. The lowest BCUT2D eigenvalue weighted by molar-refractivity contribution is 0.309. The largest absolute Gasteiger partial charge is 0.493 e. The Morgan fingerprint density at radius 1 is 1.32 bits per heavy atom. The molecule has 2 rings (SSSR count). The molecule has 0 aliphatic rings. The van der Waals surface area contributed by atoms with Crippen LogP contribution >= 0.6 is 0 Å². The highest BCUT2D eigenvalue weighted by Gasteiger charge is 2.17. The summed E-state index contributed by atoms with van der Waals surface area (Å²) in [5.41, 5.74) is 12.1. The molecular formula is C15H16FN5O. The molecule has 1 aromatic carbocycles. The fourth-order valence-electron chi connectivity index (χ4n) is 1.94. The number of hydrogen-bond acceptors (Lipinski definition) is 6. The van der Waals surface area contributed by atoms with Gasteiger partial charge in [0.2, 0.25) is 5.95 Å². The zero-order valence-electron chi connectivity index (χ0n) is 12.1. The van der Waals surface area contributed by atoms with Crippen LogP contribution in [0.15, 0.2) is 18.2 Å². The van der Waals surface area contributed by atoms with Gasteiger partial charge < -0.3 is 16.2 Å². The minimum Gasteiger partial charge on any atom is -0.493 e. The molecule has 4 N–H and O–H groups in total. The van der Waals surface area contributed by atoms with Crippen molar-refractivity contribution in [2.45, 2.75) is 19.8 Å². The number of nitriles is 1. The van der Waals surface area contributed by atoms with Crippen molar-refractivity contribution in [1.82, 2.24) is 9.97 Å². The smallest absolute Gasteiger partial charge is 0.222 e. The maximum absolute atomic E-state index is 13.5. The summed E-state index contributed by atoms with van der Waals surface area (Å²) in [4.78, 5) is 7.82. The summed E-state index contributed by atoms with van der Waals surface area (Å²) in [6.07, 6.45) is 1.77. The zero-order valence-corrected chi connectivity index (χ0v) is 12.1. The van der Waals surface area contributed by atoms with E-state index in [0.717, 1.165) is 12.8 Å². The Labute approximate surface area is 127 Å². The molecule has 7 heteroatoms. The summed E-state index contributed by atoms with van der Waals surface area (Å²) in [6, 6.07) is 5.94. The van der Waals surface area contributed by atoms with Crippen LogP contribution in [0.4, 0.5) is 16.2 Å². The number of unbranched alkanes of at least 4 members (excludes halogenated alkanes) is 1. The first-order chi connectivity index (χ1) is 10.6. The number of aromatic nitrogens is 2. The molecule has 0 aliphatic carbocycles. The monoisotopic (exact) mass is 301 g/mol. The number of rotatable bonds is 5. The Morgan fingerprint density at radius 3 is 2.77 bits per heavy atom. The number of benzene rings is 1. The van der Waals surface area contributed by atoms with Crippen molar-refractivity contribution < 1.29 is 9.13 Å². The van der Waals surface area contributed by atoms with Gasteiger partial charge in [-0.05, 0) is 18.6 Å². The van der Waals surface area contributed by atoms with Crippen molar-refractivity contribution in [3.05, 3.63) is 29.6 Å². The third-order valence-electron chi connectivity index (χ3n) is 3.02. The molecule has 114 valence electrons. The van der Waals surface area contributed by atoms with Crippen LogP contribution in [0.5, 0.6) is 5.75 Å². The highest BCUT2D eigenvalue weighted by Crippen LogP contribution is 2.33. The molecule has 2 aromatic rings. The van der Waals surface area contributed by atoms with Gasteiger partial charge in [0.25, 0.3) is 0 Å². The lowest BCUT2D eigenvalue weighted by atomic mass is 10.1. The first-order valence-corrected chi connectivity index (χ1v) is 6.82. The number of nitrogens with two attached hydrogens (primary N) is 2. The number of nitrogens with zero attached hydrogens (tertiary/aromatic N) is 3. The molecule has 0 saturated carbocycles. The van der Waals surface area contributed by atoms with Crippen molar-refractivity contribution in [2.24, 2.45) is 0 Å². The van der Waals surface area contributed by atoms with Gasteiger partial charge in [-0.2, -0.15) is 10.2 Å². The van der Waals surface area contributed by atoms with E-state index in [2.05, 4.69) is 9.97 Å². The second kappa shape index (κ2) is 6.72. The van der Waals surface area contributed by atoms with Crippen molar-refractivity contribution in [1.29, 1.82) is 5.26 Å². The van der Waals surface area contributed by atoms with E-state index in [4.69, 9.17) is 16.2 Å². The third-order valence-corrected chi connectivity index (χ3v) is 3.02. The molecule has 22 heavy (non-hydrogen) atoms. The third kappa shape index (κ3) is 3.23. The van der Waals surface area contributed by atoms with Gasteiger partial charge in [-0.25, -0.2) is 9.37 Å². The molecule has 0 aliphatic heterocycles. The Balaban J connectivity index is 2.55. The predicted octanol–water partition coefficient (Wildman–Crippen LogP) is 2.50. The fraction of sp³-hybridized carbons (Fsp3) is 0.267. The summed E-state index contributed by atoms with van der Waals surface area (Å²) < 4.78 is 19.1. The standard InChI is InChI=1S/C15H16FN5O/c1-2-3-6-22-12-7-9(16)4-5-10(12)13-11(8-17)14(18)21-15(19)20-13/h4-5,7H,2-3,6H2,1H3,(H4,18,19,20,21). The van der Waals surface area contributed by atoms with Crippen LogP contribution in [0, 0.1) is 17.1 Å². The molecular weight excluding hydrogens is 285 g/mol. The molecule has 1 heterocycles. The van der Waals surface area contributed by atoms with Crippen molar-refractivity contribution in [2.75, 3.05) is 18.1 Å². The molecule has 0 spiro atoms. The van der Waals surface area contributed by atoms with Crippen LogP contribution in [-0.4, -0.2) is 16.6 Å². The fourth-order valence-corrected chi connectivity index (χ4v) is 1.94. The number of ether oxygens (including phenoxy) is 1. The summed E-state index contributed by atoms with van der Waals surface area (Å²) in [6.45, 7) is 2.46. The van der Waals surface area contributed by atoms with Gasteiger partial charge >= 0.3 is 0 Å². The minimum atomic E-state index is -0.441. The first-order valence-electron chi connectivity index (χ1n) is 6.82. The van der Waals surface area contributed by atoms with E-state index in [9.17, 15) is 9.65 Å². The Hall–Kier alpha value is -2.88. The predicted molar refractivity (Wildman–Crippen MR) is 81.4 cm³/mol. The van der Waals surface area contributed by atoms with Gasteiger partial charge in [0.15, 0.2) is 0 Å². The topological polar surface area (TPSA) is 111 Å². The summed E-state index contributed by atoms with van der Waals surface area (Å²) in [5, 5.41) is 9.25. The number of halogens is 1. The molecule has 0 atom stereocenters. The van der Waals surface area contributed by atoms with Crippen LogP contribution < -0.4 is 16.2 Å². The van der Waals surface area contributed by atoms with E-state index in [1.54, 1.807) is 0 Å². The molecule has 0 unspecified atom stereocenters. The van der Waals surface area contributed by atoms with Gasteiger partial charge in [0.1, 0.15) is 29.0 Å². The molecule has 0 radical (unpaired) electrons. The molecule has 0 fully saturated rings. The van der Waals surface area contributed by atoms with Crippen LogP contribution in [0.2, 0.25) is 0 Å². The molecule has 0 saturated heterocycles. The van der Waals surface area contributed by atoms with Gasteiger partial charge in [0.05, 0.1) is 12.3 Å². The minimum absolute atomic E-state index is 0.0196. The Bertz CT molecular complexity index is 727. The molecule has 1 aromatic heterocycles. The van der Waals surface area contributed by atoms with E-state index >= 15 is 0 Å². The first kappa shape index (κ1) is 15.5. The highest BCUT2D eigenvalue weighted by atomic mass is 19.1. The van der Waals surface area contributed by atoms with Gasteiger partial charge in [-0.3, -0.25) is 0 Å². The average Bonchev–Trinajstić information content (AvgIpc) is 2.47. The number of hydrogen-bond donors (Lipinski definition) is 2. The van der Waals surface area contributed by atoms with Gasteiger partial charge in [0, 0.05) is 11.6 Å². The van der Waals surface area contributed by atoms with E-state index in [-0.39, 0.29) is 23.0 Å². The number of nitrogen functional groups attached to an aromatic ring is 2. The maximum atomic E-state index is 13.5. The number of anilines is 2. The quantitative estimate of drug-likeness (QED) is 0.821. The SMILES string of the molecule is CCCCOc1cc(F)ccc1-c1nc(N)nc(N)c1C#N. The second-order valence-corrected chi connectivity index (χ2v) is 4.64. The Kier molecular flexibility index (Phi) is 4.73. The van der Waals surface area contributed by atoms with Crippen LogP contribution in [0.25, 0.3) is 11.3 Å². The maximum Gasteiger partial charge on any atom is 0.222 e.